The molecule has 0 spiro atoms. The number of methoxy groups -OCH3 is 1. The fourth-order valence-corrected chi connectivity index (χ4v) is 2.55. The maximum absolute atomic E-state index is 13.3. The first-order chi connectivity index (χ1) is 11.2. The molecule has 7 heteroatoms. The molecule has 0 aliphatic rings. The van der Waals surface area contributed by atoms with Gasteiger partial charge in [-0.05, 0) is 24.3 Å². The summed E-state index contributed by atoms with van der Waals surface area (Å²) in [6, 6.07) is 9.83. The topological polar surface area (TPSA) is 72.3 Å². The smallest absolute Gasteiger partial charge is 0.259 e. The molecule has 0 fully saturated rings. The monoisotopic (exact) mass is 310 g/mol. The zero-order chi connectivity index (χ0) is 16.0. The Kier molecular flexibility index (Phi) is 2.87. The van der Waals surface area contributed by atoms with Crippen LogP contribution in [-0.2, 0) is 0 Å². The summed E-state index contributed by atoms with van der Waals surface area (Å²) in [7, 11) is 1.54. The summed E-state index contributed by atoms with van der Waals surface area (Å²) in [5, 5.41) is 4.93. The van der Waals surface area contributed by atoms with E-state index in [-0.39, 0.29) is 5.56 Å². The molecule has 1 aromatic carbocycles. The van der Waals surface area contributed by atoms with Crippen molar-refractivity contribution in [1.29, 1.82) is 0 Å². The van der Waals surface area contributed by atoms with Crippen LogP contribution in [0.2, 0.25) is 0 Å². The van der Waals surface area contributed by atoms with Gasteiger partial charge in [0.15, 0.2) is 0 Å². The molecule has 3 heterocycles. The lowest BCUT2D eigenvalue weighted by molar-refractivity contribution is 0.415. The Hall–Kier alpha value is -3.22. The van der Waals surface area contributed by atoms with Gasteiger partial charge in [-0.3, -0.25) is 4.79 Å². The number of halogens is 1. The van der Waals surface area contributed by atoms with Crippen molar-refractivity contribution in [3.05, 3.63) is 58.9 Å². The fourth-order valence-electron chi connectivity index (χ4n) is 2.55. The molecule has 1 N–H and O–H groups in total. The van der Waals surface area contributed by atoms with E-state index in [2.05, 4.69) is 15.1 Å². The molecule has 114 valence electrons. The molecular formula is C16H11FN4O2. The van der Waals surface area contributed by atoms with E-state index in [4.69, 9.17) is 4.74 Å². The predicted octanol–water partition coefficient (Wildman–Crippen LogP) is 2.39. The van der Waals surface area contributed by atoms with E-state index in [1.165, 1.54) is 19.4 Å². The largest absolute Gasteiger partial charge is 0.497 e. The first-order valence-corrected chi connectivity index (χ1v) is 6.87. The number of H-pyrrole nitrogens is 1. The summed E-state index contributed by atoms with van der Waals surface area (Å²) < 4.78 is 20.1. The van der Waals surface area contributed by atoms with Gasteiger partial charge in [-0.15, -0.1) is 0 Å². The van der Waals surface area contributed by atoms with Crippen LogP contribution in [-0.4, -0.2) is 26.7 Å². The Balaban J connectivity index is 2.02. The van der Waals surface area contributed by atoms with Gasteiger partial charge in [0, 0.05) is 23.9 Å². The minimum absolute atomic E-state index is 0.237. The highest BCUT2D eigenvalue weighted by atomic mass is 19.1. The predicted molar refractivity (Wildman–Crippen MR) is 83.1 cm³/mol. The van der Waals surface area contributed by atoms with E-state index < -0.39 is 5.95 Å². The molecule has 0 saturated heterocycles. The van der Waals surface area contributed by atoms with Crippen LogP contribution in [0.4, 0.5) is 4.39 Å². The second kappa shape index (κ2) is 4.91. The third-order valence-electron chi connectivity index (χ3n) is 3.65. The summed E-state index contributed by atoms with van der Waals surface area (Å²) in [4.78, 5) is 18.5. The van der Waals surface area contributed by atoms with Gasteiger partial charge in [-0.2, -0.15) is 9.49 Å². The second-order valence-corrected chi connectivity index (χ2v) is 5.03. The van der Waals surface area contributed by atoms with Gasteiger partial charge in [0.2, 0.25) is 5.95 Å². The van der Waals surface area contributed by atoms with Crippen LogP contribution >= 0.6 is 0 Å². The van der Waals surface area contributed by atoms with Gasteiger partial charge < -0.3 is 9.72 Å². The van der Waals surface area contributed by atoms with E-state index in [9.17, 15) is 9.18 Å². The average molecular weight is 310 g/mol. The maximum atomic E-state index is 13.3. The van der Waals surface area contributed by atoms with Crippen molar-refractivity contribution in [1.82, 2.24) is 19.6 Å². The van der Waals surface area contributed by atoms with Crippen LogP contribution in [0.1, 0.15) is 0 Å². The number of rotatable bonds is 2. The Morgan fingerprint density at radius 1 is 1.22 bits per heavy atom. The molecule has 0 atom stereocenters. The lowest BCUT2D eigenvalue weighted by atomic mass is 10.2. The van der Waals surface area contributed by atoms with Gasteiger partial charge in [0.25, 0.3) is 5.56 Å². The van der Waals surface area contributed by atoms with Gasteiger partial charge >= 0.3 is 0 Å². The SMILES string of the molecule is COc1ccc2c(c1)c(=O)[nH]c1cc(-c3ccnc(F)c3)nn12. The van der Waals surface area contributed by atoms with Crippen molar-refractivity contribution < 1.29 is 9.13 Å². The van der Waals surface area contributed by atoms with Gasteiger partial charge in [0.05, 0.1) is 23.7 Å². The molecule has 0 aliphatic heterocycles. The average Bonchev–Trinajstić information content (AvgIpc) is 2.98. The van der Waals surface area contributed by atoms with Gasteiger partial charge in [-0.1, -0.05) is 0 Å². The first-order valence-electron chi connectivity index (χ1n) is 6.87. The van der Waals surface area contributed by atoms with Gasteiger partial charge in [-0.25, -0.2) is 9.50 Å². The molecule has 0 unspecified atom stereocenters. The van der Waals surface area contributed by atoms with Crippen LogP contribution in [0.25, 0.3) is 27.8 Å². The molecule has 0 radical (unpaired) electrons. The minimum Gasteiger partial charge on any atom is -0.497 e. The number of nitrogens with zero attached hydrogens (tertiary/aromatic N) is 3. The third kappa shape index (κ3) is 2.13. The van der Waals surface area contributed by atoms with Crippen molar-refractivity contribution in [2.45, 2.75) is 0 Å². The highest BCUT2D eigenvalue weighted by Gasteiger charge is 2.11. The molecule has 4 rings (SSSR count). The summed E-state index contributed by atoms with van der Waals surface area (Å²) in [5.74, 6) is 0.00794. The van der Waals surface area contributed by atoms with E-state index in [0.29, 0.717) is 33.6 Å². The molecular weight excluding hydrogens is 299 g/mol. The third-order valence-corrected chi connectivity index (χ3v) is 3.65. The van der Waals surface area contributed by atoms with Crippen molar-refractivity contribution in [2.24, 2.45) is 0 Å². The van der Waals surface area contributed by atoms with Crippen molar-refractivity contribution >= 4 is 16.6 Å². The standard InChI is InChI=1S/C16H11FN4O2/c1-23-10-2-3-13-11(7-10)16(22)19-15-8-12(20-21(13)15)9-4-5-18-14(17)6-9/h2-8H,1H3,(H,19,22). The zero-order valence-electron chi connectivity index (χ0n) is 12.1. The number of pyridine rings is 1. The highest BCUT2D eigenvalue weighted by Crippen LogP contribution is 2.22. The number of hydrogen-bond acceptors (Lipinski definition) is 4. The lowest BCUT2D eigenvalue weighted by Gasteiger charge is -2.03. The molecule has 23 heavy (non-hydrogen) atoms. The summed E-state index contributed by atoms with van der Waals surface area (Å²) in [6.07, 6.45) is 1.38. The number of benzene rings is 1. The van der Waals surface area contributed by atoms with Crippen LogP contribution in [0.15, 0.2) is 47.4 Å². The van der Waals surface area contributed by atoms with Crippen LogP contribution < -0.4 is 10.3 Å². The number of nitrogens with one attached hydrogen (secondary N) is 1. The Labute approximate surface area is 129 Å². The van der Waals surface area contributed by atoms with E-state index in [0.717, 1.165) is 0 Å². The number of hydrogen-bond donors (Lipinski definition) is 1. The Bertz CT molecular complexity index is 1100. The number of fused-ring (bicyclic) bond motifs is 3. The molecule has 6 nitrogen and oxygen atoms in total. The molecule has 0 saturated carbocycles. The number of aromatic nitrogens is 4. The van der Waals surface area contributed by atoms with Crippen LogP contribution in [0.3, 0.4) is 0 Å². The minimum atomic E-state index is -0.581. The maximum Gasteiger partial charge on any atom is 0.259 e. The second-order valence-electron chi connectivity index (χ2n) is 5.03. The zero-order valence-corrected chi connectivity index (χ0v) is 12.1. The normalized spacial score (nSPS) is 11.2. The Morgan fingerprint density at radius 3 is 2.87 bits per heavy atom. The van der Waals surface area contributed by atoms with Crippen molar-refractivity contribution in [3.63, 3.8) is 0 Å². The highest BCUT2D eigenvalue weighted by molar-refractivity contribution is 5.82. The molecule has 0 amide bonds. The summed E-state index contributed by atoms with van der Waals surface area (Å²) in [6.45, 7) is 0. The Morgan fingerprint density at radius 2 is 2.09 bits per heavy atom. The molecule has 0 bridgehead atoms. The quantitative estimate of drug-likeness (QED) is 0.577. The first kappa shape index (κ1) is 13.4. The lowest BCUT2D eigenvalue weighted by Crippen LogP contribution is -2.10. The fraction of sp³-hybridized carbons (Fsp3) is 0.0625. The van der Waals surface area contributed by atoms with Crippen LogP contribution in [0, 0.1) is 5.95 Å². The van der Waals surface area contributed by atoms with Crippen molar-refractivity contribution in [3.8, 4) is 17.0 Å². The van der Waals surface area contributed by atoms with Crippen LogP contribution in [0.5, 0.6) is 5.75 Å². The van der Waals surface area contributed by atoms with Gasteiger partial charge in [0.1, 0.15) is 11.4 Å². The molecule has 0 aliphatic carbocycles. The molecule has 4 aromatic rings. The molecule has 3 aromatic heterocycles. The van der Waals surface area contributed by atoms with E-state index >= 15 is 0 Å². The van der Waals surface area contributed by atoms with Crippen molar-refractivity contribution in [2.75, 3.05) is 7.11 Å². The number of aromatic amines is 1. The van der Waals surface area contributed by atoms with E-state index in [1.54, 1.807) is 34.8 Å². The summed E-state index contributed by atoms with van der Waals surface area (Å²) in [5.41, 5.74) is 2.07. The summed E-state index contributed by atoms with van der Waals surface area (Å²) >= 11 is 0. The number of ether oxygens (including phenoxy) is 1. The van der Waals surface area contributed by atoms with E-state index in [1.807, 2.05) is 0 Å².